The molecule has 2 N–H and O–H groups in total. The number of benzene rings is 2. The number of rotatable bonds is 7. The van der Waals surface area contributed by atoms with E-state index in [0.717, 1.165) is 24.4 Å². The minimum Gasteiger partial charge on any atom is -0.293 e. The number of nitrogens with zero attached hydrogens (tertiary/aromatic N) is 2. The fourth-order valence-electron chi connectivity index (χ4n) is 5.16. The van der Waals surface area contributed by atoms with Crippen LogP contribution in [-0.4, -0.2) is 21.6 Å². The van der Waals surface area contributed by atoms with Crippen LogP contribution in [0.4, 0.5) is 0 Å². The molecule has 0 aliphatic carbocycles. The monoisotopic (exact) mass is 506 g/mol. The van der Waals surface area contributed by atoms with Crippen LogP contribution in [0.1, 0.15) is 43.5 Å². The average Bonchev–Trinajstić information content (AvgIpc) is 3.46. The lowest BCUT2D eigenvalue weighted by Gasteiger charge is -2.34. The first-order valence-corrected chi connectivity index (χ1v) is 13.3. The number of hydrogen-bond donors (Lipinski definition) is 2. The van der Waals surface area contributed by atoms with Crippen LogP contribution < -0.4 is 16.2 Å². The topological polar surface area (TPSA) is 59.0 Å². The molecular weight excluding hydrogens is 476 g/mol. The van der Waals surface area contributed by atoms with E-state index in [1.807, 2.05) is 34.9 Å². The summed E-state index contributed by atoms with van der Waals surface area (Å²) in [5.41, 5.74) is 1.41. The molecular formula is C28H31ClN4OS. The van der Waals surface area contributed by atoms with Gasteiger partial charge in [-0.3, -0.25) is 20.0 Å². The van der Waals surface area contributed by atoms with Crippen molar-refractivity contribution in [2.24, 2.45) is 5.92 Å². The summed E-state index contributed by atoms with van der Waals surface area (Å²) in [7, 11) is 0. The Morgan fingerprint density at radius 3 is 2.63 bits per heavy atom. The summed E-state index contributed by atoms with van der Waals surface area (Å²) in [6.45, 7) is 8.08. The van der Waals surface area contributed by atoms with Gasteiger partial charge in [-0.1, -0.05) is 54.9 Å². The highest BCUT2D eigenvalue weighted by molar-refractivity contribution is 7.10. The van der Waals surface area contributed by atoms with E-state index in [1.54, 1.807) is 29.5 Å². The molecule has 1 fully saturated rings. The molecule has 182 valence electrons. The summed E-state index contributed by atoms with van der Waals surface area (Å²) in [6, 6.07) is 19.7. The molecule has 35 heavy (non-hydrogen) atoms. The van der Waals surface area contributed by atoms with Gasteiger partial charge in [0, 0.05) is 28.4 Å². The van der Waals surface area contributed by atoms with E-state index in [1.165, 1.54) is 4.88 Å². The molecule has 1 aliphatic heterocycles. The third-order valence-electron chi connectivity index (χ3n) is 6.69. The number of hydrogen-bond acceptors (Lipinski definition) is 5. The Morgan fingerprint density at radius 2 is 1.94 bits per heavy atom. The van der Waals surface area contributed by atoms with Gasteiger partial charge in [-0.05, 0) is 61.4 Å². The number of aromatic nitrogens is 2. The normalized spacial score (nSPS) is 20.3. The fraction of sp³-hybridized carbons (Fsp3) is 0.357. The maximum absolute atomic E-state index is 13.6. The van der Waals surface area contributed by atoms with Gasteiger partial charge in [0.25, 0.3) is 5.56 Å². The number of fused-ring (bicyclic) bond motifs is 1. The van der Waals surface area contributed by atoms with E-state index in [0.29, 0.717) is 28.9 Å². The maximum atomic E-state index is 13.6. The molecule has 1 aliphatic rings. The second kappa shape index (κ2) is 9.51. The Bertz CT molecular complexity index is 1380. The molecule has 5 nitrogen and oxygen atoms in total. The molecule has 2 aromatic heterocycles. The van der Waals surface area contributed by atoms with Gasteiger partial charge >= 0.3 is 0 Å². The molecule has 0 saturated carbocycles. The lowest BCUT2D eigenvalue weighted by atomic mass is 9.91. The van der Waals surface area contributed by atoms with E-state index in [-0.39, 0.29) is 22.7 Å². The van der Waals surface area contributed by atoms with Gasteiger partial charge in [-0.2, -0.15) is 0 Å². The van der Waals surface area contributed by atoms with Crippen LogP contribution in [0.25, 0.3) is 10.9 Å². The minimum atomic E-state index is -0.290. The Kier molecular flexibility index (Phi) is 6.57. The van der Waals surface area contributed by atoms with Crippen LogP contribution in [0.2, 0.25) is 5.02 Å². The van der Waals surface area contributed by atoms with Crippen molar-refractivity contribution in [1.29, 1.82) is 0 Å². The smallest absolute Gasteiger partial charge is 0.261 e. The minimum absolute atomic E-state index is 0.00291. The molecule has 2 unspecified atom stereocenters. The predicted octanol–water partition coefficient (Wildman–Crippen LogP) is 5.55. The average molecular weight is 507 g/mol. The van der Waals surface area contributed by atoms with E-state index in [9.17, 15) is 4.79 Å². The Labute approximate surface area is 215 Å². The van der Waals surface area contributed by atoms with Gasteiger partial charge in [0.2, 0.25) is 0 Å². The zero-order valence-corrected chi connectivity index (χ0v) is 21.9. The van der Waals surface area contributed by atoms with Crippen LogP contribution >= 0.6 is 22.9 Å². The van der Waals surface area contributed by atoms with Crippen molar-refractivity contribution in [1.82, 2.24) is 20.2 Å². The predicted molar refractivity (Wildman–Crippen MR) is 145 cm³/mol. The van der Waals surface area contributed by atoms with E-state index >= 15 is 0 Å². The zero-order chi connectivity index (χ0) is 24.6. The number of halogens is 1. The van der Waals surface area contributed by atoms with Crippen molar-refractivity contribution in [2.75, 3.05) is 6.54 Å². The van der Waals surface area contributed by atoms with Crippen molar-refractivity contribution in [3.05, 3.63) is 97.7 Å². The second-order valence-corrected chi connectivity index (χ2v) is 11.7. The van der Waals surface area contributed by atoms with Gasteiger partial charge in [0.05, 0.1) is 17.4 Å². The fourth-order valence-corrected chi connectivity index (χ4v) is 6.20. The molecule has 0 radical (unpaired) electrons. The third-order valence-corrected chi connectivity index (χ3v) is 7.96. The van der Waals surface area contributed by atoms with Gasteiger partial charge in [0.1, 0.15) is 11.5 Å². The summed E-state index contributed by atoms with van der Waals surface area (Å²) in [5.74, 6) is 1.05. The summed E-state index contributed by atoms with van der Waals surface area (Å²) in [5, 5.41) is 10.9. The Morgan fingerprint density at radius 1 is 1.14 bits per heavy atom. The highest BCUT2D eigenvalue weighted by Gasteiger charge is 2.44. The molecule has 1 saturated heterocycles. The largest absolute Gasteiger partial charge is 0.293 e. The molecule has 0 spiro atoms. The van der Waals surface area contributed by atoms with Crippen molar-refractivity contribution >= 4 is 33.8 Å². The van der Waals surface area contributed by atoms with Crippen LogP contribution in [-0.2, 0) is 18.6 Å². The van der Waals surface area contributed by atoms with Crippen molar-refractivity contribution < 1.29 is 0 Å². The molecule has 0 amide bonds. The number of thiophene rings is 1. The first-order chi connectivity index (χ1) is 16.7. The lowest BCUT2D eigenvalue weighted by molar-refractivity contribution is 0.246. The zero-order valence-electron chi connectivity index (χ0n) is 20.3. The first-order valence-electron chi connectivity index (χ1n) is 12.1. The molecule has 2 atom stereocenters. The van der Waals surface area contributed by atoms with Crippen LogP contribution in [0, 0.1) is 5.92 Å². The molecule has 2 aromatic carbocycles. The summed E-state index contributed by atoms with van der Waals surface area (Å²) < 4.78 is 1.83. The summed E-state index contributed by atoms with van der Waals surface area (Å²) in [4.78, 5) is 19.8. The molecule has 0 bridgehead atoms. The summed E-state index contributed by atoms with van der Waals surface area (Å²) in [6.07, 6.45) is 1.56. The third kappa shape index (κ3) is 5.07. The van der Waals surface area contributed by atoms with Crippen LogP contribution in [0.15, 0.2) is 70.8 Å². The van der Waals surface area contributed by atoms with Gasteiger partial charge in [-0.25, -0.2) is 4.98 Å². The molecule has 5 rings (SSSR count). The van der Waals surface area contributed by atoms with E-state index in [4.69, 9.17) is 16.6 Å². The van der Waals surface area contributed by atoms with Crippen molar-refractivity contribution in [3.8, 4) is 0 Å². The Balaban J connectivity index is 1.51. The van der Waals surface area contributed by atoms with Crippen molar-refractivity contribution in [3.63, 3.8) is 0 Å². The highest BCUT2D eigenvalue weighted by atomic mass is 35.5. The lowest BCUT2D eigenvalue weighted by Crippen LogP contribution is -2.50. The molecule has 7 heteroatoms. The highest BCUT2D eigenvalue weighted by Crippen LogP contribution is 2.36. The van der Waals surface area contributed by atoms with Crippen molar-refractivity contribution in [2.45, 2.75) is 51.4 Å². The summed E-state index contributed by atoms with van der Waals surface area (Å²) >= 11 is 8.02. The SMILES string of the molecule is CC(Cc1nc2cc(Cl)ccc2c(=O)n1Cc1ccccc1)CC1(c2cccs2)NCC(C)(C)N1. The quantitative estimate of drug-likeness (QED) is 0.345. The van der Waals surface area contributed by atoms with Gasteiger partial charge < -0.3 is 0 Å². The van der Waals surface area contributed by atoms with Gasteiger partial charge in [-0.15, -0.1) is 11.3 Å². The Hall–Kier alpha value is -2.51. The van der Waals surface area contributed by atoms with E-state index in [2.05, 4.69) is 48.9 Å². The maximum Gasteiger partial charge on any atom is 0.261 e. The van der Waals surface area contributed by atoms with Crippen LogP contribution in [0.5, 0.6) is 0 Å². The van der Waals surface area contributed by atoms with Crippen LogP contribution in [0.3, 0.4) is 0 Å². The standard InChI is InChI=1S/C28H31ClN4OS/c1-19(16-28(24-10-7-13-35-24)30-18-27(2,3)32-28)14-25-31-23-15-21(29)11-12-22(23)26(34)33(25)17-20-8-5-4-6-9-20/h4-13,15,19,30,32H,14,16-18H2,1-3H3. The molecule has 4 aromatic rings. The van der Waals surface area contributed by atoms with Gasteiger partial charge in [0.15, 0.2) is 0 Å². The first kappa shape index (κ1) is 24.2. The molecule has 3 heterocycles. The van der Waals surface area contributed by atoms with E-state index < -0.39 is 0 Å². The number of nitrogens with one attached hydrogen (secondary N) is 2. The second-order valence-electron chi connectivity index (χ2n) is 10.3.